The number of hydrogen-bond donors (Lipinski definition) is 3. The van der Waals surface area contributed by atoms with Crippen LogP contribution in [0.2, 0.25) is 0 Å². The lowest BCUT2D eigenvalue weighted by Gasteiger charge is -2.08. The summed E-state index contributed by atoms with van der Waals surface area (Å²) in [5.74, 6) is 0.0852. The number of aryl methyl sites for hydroxylation is 1. The lowest BCUT2D eigenvalue weighted by molar-refractivity contribution is 0.0943. The Morgan fingerprint density at radius 2 is 2.05 bits per heavy atom. The quantitative estimate of drug-likeness (QED) is 0.561. The average molecular weight is 334 g/mol. The molecular weight excluding hydrogens is 316 g/mol. The number of nitrogens with one attached hydrogen (secondary N) is 2. The first-order valence-electron chi connectivity index (χ1n) is 6.74. The van der Waals surface area contributed by atoms with E-state index in [-0.39, 0.29) is 5.91 Å². The Morgan fingerprint density at radius 1 is 1.36 bits per heavy atom. The summed E-state index contributed by atoms with van der Waals surface area (Å²) in [4.78, 5) is 12.5. The standard InChI is InChI=1S/C15H18N4OS2/c1-10(2)17-18-14(20)12-13(16)19(15(21)22-12)9-8-11-6-4-3-5-7-11/h3-7,17H,1,8-9,16H2,2H3,(H,18,20). The van der Waals surface area contributed by atoms with Crippen LogP contribution < -0.4 is 16.6 Å². The molecule has 1 aromatic carbocycles. The normalized spacial score (nSPS) is 10.2. The van der Waals surface area contributed by atoms with E-state index < -0.39 is 0 Å². The Kier molecular flexibility index (Phi) is 5.35. The predicted octanol–water partition coefficient (Wildman–Crippen LogP) is 2.87. The molecule has 1 amide bonds. The fourth-order valence-corrected chi connectivity index (χ4v) is 3.17. The number of carbonyl (C=O) groups is 1. The fourth-order valence-electron chi connectivity index (χ4n) is 1.90. The molecule has 2 rings (SSSR count). The minimum atomic E-state index is -0.310. The molecule has 0 radical (unpaired) electrons. The second kappa shape index (κ2) is 7.24. The summed E-state index contributed by atoms with van der Waals surface area (Å²) < 4.78 is 2.39. The Morgan fingerprint density at radius 3 is 2.68 bits per heavy atom. The predicted molar refractivity (Wildman–Crippen MR) is 93.1 cm³/mol. The molecule has 4 N–H and O–H groups in total. The van der Waals surface area contributed by atoms with Crippen molar-refractivity contribution in [1.82, 2.24) is 15.4 Å². The van der Waals surface area contributed by atoms with Gasteiger partial charge in [0, 0.05) is 12.2 Å². The maximum atomic E-state index is 12.1. The van der Waals surface area contributed by atoms with E-state index in [1.165, 1.54) is 16.9 Å². The monoisotopic (exact) mass is 334 g/mol. The number of aromatic nitrogens is 1. The molecule has 0 saturated heterocycles. The van der Waals surface area contributed by atoms with Gasteiger partial charge in [0.1, 0.15) is 10.7 Å². The van der Waals surface area contributed by atoms with Gasteiger partial charge in [0.25, 0.3) is 5.91 Å². The summed E-state index contributed by atoms with van der Waals surface area (Å²) in [5, 5.41) is 0. The number of allylic oxidation sites excluding steroid dienone is 1. The van der Waals surface area contributed by atoms with Crippen molar-refractivity contribution < 1.29 is 4.79 Å². The molecule has 1 aromatic heterocycles. The summed E-state index contributed by atoms with van der Waals surface area (Å²) in [7, 11) is 0. The molecule has 22 heavy (non-hydrogen) atoms. The molecule has 0 atom stereocenters. The number of hydrazine groups is 1. The molecule has 0 bridgehead atoms. The first-order valence-corrected chi connectivity index (χ1v) is 7.96. The van der Waals surface area contributed by atoms with Crippen molar-refractivity contribution in [2.45, 2.75) is 19.9 Å². The molecule has 0 aliphatic carbocycles. The van der Waals surface area contributed by atoms with Crippen LogP contribution in [-0.4, -0.2) is 10.5 Å². The van der Waals surface area contributed by atoms with E-state index in [0.717, 1.165) is 6.42 Å². The van der Waals surface area contributed by atoms with Crippen LogP contribution in [0.5, 0.6) is 0 Å². The smallest absolute Gasteiger partial charge is 0.283 e. The molecule has 0 spiro atoms. The van der Waals surface area contributed by atoms with Gasteiger partial charge in [-0.25, -0.2) is 0 Å². The number of hydrogen-bond acceptors (Lipinski definition) is 5. The van der Waals surface area contributed by atoms with Gasteiger partial charge in [-0.15, -0.1) is 0 Å². The fraction of sp³-hybridized carbons (Fsp3) is 0.200. The molecule has 0 saturated carbocycles. The second-order valence-electron chi connectivity index (χ2n) is 4.83. The van der Waals surface area contributed by atoms with Gasteiger partial charge in [0.15, 0.2) is 3.95 Å². The van der Waals surface area contributed by atoms with Crippen molar-refractivity contribution in [2.24, 2.45) is 0 Å². The van der Waals surface area contributed by atoms with Crippen LogP contribution in [0.3, 0.4) is 0 Å². The second-order valence-corrected chi connectivity index (χ2v) is 6.47. The van der Waals surface area contributed by atoms with Crippen LogP contribution in [0.1, 0.15) is 22.2 Å². The van der Waals surface area contributed by atoms with E-state index in [9.17, 15) is 4.79 Å². The van der Waals surface area contributed by atoms with Crippen LogP contribution in [0, 0.1) is 3.95 Å². The molecule has 0 unspecified atom stereocenters. The van der Waals surface area contributed by atoms with Crippen molar-refractivity contribution >= 4 is 35.3 Å². The van der Waals surface area contributed by atoms with Gasteiger partial charge < -0.3 is 15.7 Å². The highest BCUT2D eigenvalue weighted by atomic mass is 32.1. The summed E-state index contributed by atoms with van der Waals surface area (Å²) in [6.45, 7) is 6.04. The van der Waals surface area contributed by atoms with E-state index in [4.69, 9.17) is 18.0 Å². The minimum Gasteiger partial charge on any atom is -0.384 e. The number of nitrogen functional groups attached to an aromatic ring is 1. The number of anilines is 1. The summed E-state index contributed by atoms with van der Waals surface area (Å²) in [6, 6.07) is 10.1. The van der Waals surface area contributed by atoms with Gasteiger partial charge in [-0.2, -0.15) is 0 Å². The van der Waals surface area contributed by atoms with E-state index in [1.54, 1.807) is 11.5 Å². The van der Waals surface area contributed by atoms with Crippen molar-refractivity contribution in [2.75, 3.05) is 5.73 Å². The van der Waals surface area contributed by atoms with Crippen molar-refractivity contribution in [3.63, 3.8) is 0 Å². The Balaban J connectivity index is 2.11. The summed E-state index contributed by atoms with van der Waals surface area (Å²) in [6.07, 6.45) is 0.807. The maximum absolute atomic E-state index is 12.1. The van der Waals surface area contributed by atoms with E-state index in [0.29, 0.717) is 26.9 Å². The van der Waals surface area contributed by atoms with Crippen LogP contribution >= 0.6 is 23.6 Å². The van der Waals surface area contributed by atoms with E-state index >= 15 is 0 Å². The highest BCUT2D eigenvalue weighted by molar-refractivity contribution is 7.73. The summed E-state index contributed by atoms with van der Waals surface area (Å²) in [5.41, 5.74) is 13.1. The van der Waals surface area contributed by atoms with E-state index in [1.807, 2.05) is 18.2 Å². The third-order valence-electron chi connectivity index (χ3n) is 3.00. The summed E-state index contributed by atoms with van der Waals surface area (Å²) >= 11 is 6.52. The van der Waals surface area contributed by atoms with Crippen LogP contribution in [0.25, 0.3) is 0 Å². The number of nitrogens with two attached hydrogens (primary N) is 1. The zero-order valence-corrected chi connectivity index (χ0v) is 13.9. The number of nitrogens with zero attached hydrogens (tertiary/aromatic N) is 1. The molecule has 5 nitrogen and oxygen atoms in total. The largest absolute Gasteiger partial charge is 0.384 e. The van der Waals surface area contributed by atoms with Crippen molar-refractivity contribution in [3.05, 3.63) is 57.0 Å². The Bertz CT molecular complexity index is 734. The average Bonchev–Trinajstić information content (AvgIpc) is 2.78. The highest BCUT2D eigenvalue weighted by Gasteiger charge is 2.16. The molecule has 2 aromatic rings. The number of rotatable bonds is 6. The molecule has 7 heteroatoms. The minimum absolute atomic E-state index is 0.310. The lowest BCUT2D eigenvalue weighted by Crippen LogP contribution is -2.35. The highest BCUT2D eigenvalue weighted by Crippen LogP contribution is 2.22. The van der Waals surface area contributed by atoms with Gasteiger partial charge >= 0.3 is 0 Å². The molecule has 0 aliphatic heterocycles. The van der Waals surface area contributed by atoms with Gasteiger partial charge in [-0.3, -0.25) is 10.2 Å². The van der Waals surface area contributed by atoms with Crippen molar-refractivity contribution in [1.29, 1.82) is 0 Å². The lowest BCUT2D eigenvalue weighted by atomic mass is 10.1. The zero-order chi connectivity index (χ0) is 16.1. The SMILES string of the molecule is C=C(C)NNC(=O)c1sc(=S)n(CCc2ccccc2)c1N. The first-order chi connectivity index (χ1) is 10.5. The molecule has 0 aliphatic rings. The number of thiazole rings is 1. The van der Waals surface area contributed by atoms with Crippen molar-refractivity contribution in [3.8, 4) is 0 Å². The van der Waals surface area contributed by atoms with Crippen LogP contribution in [0.4, 0.5) is 5.82 Å². The van der Waals surface area contributed by atoms with Gasteiger partial charge in [-0.1, -0.05) is 48.2 Å². The molecule has 1 heterocycles. The van der Waals surface area contributed by atoms with Gasteiger partial charge in [0.2, 0.25) is 0 Å². The number of benzene rings is 1. The third kappa shape index (κ3) is 3.96. The Labute approximate surface area is 138 Å². The zero-order valence-electron chi connectivity index (χ0n) is 12.3. The van der Waals surface area contributed by atoms with Gasteiger partial charge in [-0.05, 0) is 31.1 Å². The molecule has 116 valence electrons. The van der Waals surface area contributed by atoms with E-state index in [2.05, 4.69) is 29.6 Å². The number of amides is 1. The third-order valence-corrected chi connectivity index (χ3v) is 4.46. The van der Waals surface area contributed by atoms with Crippen LogP contribution in [-0.2, 0) is 13.0 Å². The molecule has 0 fully saturated rings. The Hall–Kier alpha value is -2.12. The molecular formula is C15H18N4OS2. The maximum Gasteiger partial charge on any atom is 0.283 e. The topological polar surface area (TPSA) is 72.1 Å². The first kappa shape index (κ1) is 16.3. The van der Waals surface area contributed by atoms with Crippen LogP contribution in [0.15, 0.2) is 42.6 Å². The number of carbonyl (C=O) groups excluding carboxylic acids is 1. The van der Waals surface area contributed by atoms with Gasteiger partial charge in [0.05, 0.1) is 0 Å².